The molecule has 2 aromatic rings. The first kappa shape index (κ1) is 10.7. The number of hydrogen-bond donors (Lipinski definition) is 1. The van der Waals surface area contributed by atoms with Crippen molar-refractivity contribution in [1.29, 1.82) is 0 Å². The summed E-state index contributed by atoms with van der Waals surface area (Å²) in [5.41, 5.74) is 1.13. The summed E-state index contributed by atoms with van der Waals surface area (Å²) in [5, 5.41) is 12.0. The molecule has 1 aliphatic heterocycles. The number of aliphatic hydroxyl groups is 1. The van der Waals surface area contributed by atoms with E-state index in [-0.39, 0.29) is 12.2 Å². The highest BCUT2D eigenvalue weighted by molar-refractivity contribution is 5.85. The van der Waals surface area contributed by atoms with Gasteiger partial charge in [0.15, 0.2) is 0 Å². The van der Waals surface area contributed by atoms with Crippen molar-refractivity contribution in [3.05, 3.63) is 42.2 Å². The van der Waals surface area contributed by atoms with Gasteiger partial charge in [0.1, 0.15) is 0 Å². The van der Waals surface area contributed by atoms with Crippen molar-refractivity contribution in [2.45, 2.75) is 25.0 Å². The van der Waals surface area contributed by atoms with Crippen LogP contribution in [0.25, 0.3) is 10.8 Å². The largest absolute Gasteiger partial charge is 0.393 e. The number of benzene rings is 1. The Morgan fingerprint density at radius 3 is 3.12 bits per heavy atom. The molecule has 0 spiro atoms. The summed E-state index contributed by atoms with van der Waals surface area (Å²) in [5.74, 6) is 0. The molecular weight excluding hydrogens is 214 g/mol. The molecule has 1 aromatic heterocycles. The van der Waals surface area contributed by atoms with E-state index < -0.39 is 0 Å². The number of pyridine rings is 1. The maximum absolute atomic E-state index is 9.72. The molecule has 17 heavy (non-hydrogen) atoms. The molecule has 1 aliphatic rings. The third-order valence-electron chi connectivity index (χ3n) is 3.32. The summed E-state index contributed by atoms with van der Waals surface area (Å²) >= 11 is 0. The second-order valence-corrected chi connectivity index (χ2v) is 4.48. The standard InChI is InChI=1S/C14H15NO2/c16-11-5-7-17-14(8-11)12-3-1-2-10-4-6-15-9-13(10)12/h1-4,6,9,11,14,16H,5,7-8H2. The molecule has 3 rings (SSSR count). The molecule has 1 saturated heterocycles. The maximum atomic E-state index is 9.72. The molecule has 0 radical (unpaired) electrons. The predicted molar refractivity (Wildman–Crippen MR) is 65.7 cm³/mol. The fraction of sp³-hybridized carbons (Fsp3) is 0.357. The zero-order chi connectivity index (χ0) is 11.7. The lowest BCUT2D eigenvalue weighted by molar-refractivity contribution is -0.0441. The Morgan fingerprint density at radius 2 is 2.24 bits per heavy atom. The molecule has 0 bridgehead atoms. The molecule has 1 fully saturated rings. The molecule has 88 valence electrons. The van der Waals surface area contributed by atoms with Crippen LogP contribution < -0.4 is 0 Å². The van der Waals surface area contributed by atoms with Crippen LogP contribution in [0.3, 0.4) is 0 Å². The van der Waals surface area contributed by atoms with Crippen LogP contribution in [0.5, 0.6) is 0 Å². The van der Waals surface area contributed by atoms with Crippen molar-refractivity contribution < 1.29 is 9.84 Å². The summed E-state index contributed by atoms with van der Waals surface area (Å²) in [6.07, 6.45) is 4.82. The van der Waals surface area contributed by atoms with Gasteiger partial charge in [-0.15, -0.1) is 0 Å². The molecule has 3 heteroatoms. The summed E-state index contributed by atoms with van der Waals surface area (Å²) < 4.78 is 5.75. The highest BCUT2D eigenvalue weighted by Crippen LogP contribution is 2.32. The van der Waals surface area contributed by atoms with Gasteiger partial charge in [0.05, 0.1) is 12.2 Å². The van der Waals surface area contributed by atoms with Gasteiger partial charge in [0, 0.05) is 30.8 Å². The van der Waals surface area contributed by atoms with E-state index in [4.69, 9.17) is 4.74 Å². The van der Waals surface area contributed by atoms with Gasteiger partial charge in [0.2, 0.25) is 0 Å². The fourth-order valence-electron chi connectivity index (χ4n) is 2.41. The quantitative estimate of drug-likeness (QED) is 0.816. The van der Waals surface area contributed by atoms with Crippen LogP contribution in [0.4, 0.5) is 0 Å². The Hall–Kier alpha value is -1.45. The minimum absolute atomic E-state index is 0.00773. The molecule has 0 saturated carbocycles. The van der Waals surface area contributed by atoms with E-state index in [0.717, 1.165) is 17.4 Å². The maximum Gasteiger partial charge on any atom is 0.0856 e. The summed E-state index contributed by atoms with van der Waals surface area (Å²) in [4.78, 5) is 4.17. The Morgan fingerprint density at radius 1 is 1.29 bits per heavy atom. The van der Waals surface area contributed by atoms with Crippen LogP contribution in [0.2, 0.25) is 0 Å². The van der Waals surface area contributed by atoms with Gasteiger partial charge in [-0.25, -0.2) is 0 Å². The number of fused-ring (bicyclic) bond motifs is 1. The van der Waals surface area contributed by atoms with Crippen molar-refractivity contribution in [2.24, 2.45) is 0 Å². The monoisotopic (exact) mass is 229 g/mol. The van der Waals surface area contributed by atoms with Crippen molar-refractivity contribution in [2.75, 3.05) is 6.61 Å². The second kappa shape index (κ2) is 4.43. The van der Waals surface area contributed by atoms with E-state index in [9.17, 15) is 5.11 Å². The SMILES string of the molecule is OC1CCOC(c2cccc3ccncc23)C1. The van der Waals surface area contributed by atoms with Crippen LogP contribution in [-0.2, 0) is 4.74 Å². The number of aliphatic hydroxyl groups excluding tert-OH is 1. The molecule has 3 nitrogen and oxygen atoms in total. The van der Waals surface area contributed by atoms with E-state index in [1.807, 2.05) is 18.3 Å². The summed E-state index contributed by atoms with van der Waals surface area (Å²) in [7, 11) is 0. The van der Waals surface area contributed by atoms with Crippen LogP contribution in [0.15, 0.2) is 36.7 Å². The van der Waals surface area contributed by atoms with E-state index in [0.29, 0.717) is 13.0 Å². The molecule has 0 aliphatic carbocycles. The Bertz CT molecular complexity index is 521. The zero-order valence-electron chi connectivity index (χ0n) is 9.54. The highest BCUT2D eigenvalue weighted by atomic mass is 16.5. The first-order chi connectivity index (χ1) is 8.34. The Balaban J connectivity index is 2.04. The molecule has 2 unspecified atom stereocenters. The van der Waals surface area contributed by atoms with Crippen molar-refractivity contribution in [1.82, 2.24) is 4.98 Å². The first-order valence-electron chi connectivity index (χ1n) is 5.97. The van der Waals surface area contributed by atoms with Gasteiger partial charge < -0.3 is 9.84 Å². The van der Waals surface area contributed by atoms with Crippen molar-refractivity contribution in [3.8, 4) is 0 Å². The molecule has 1 aromatic carbocycles. The van der Waals surface area contributed by atoms with Gasteiger partial charge >= 0.3 is 0 Å². The van der Waals surface area contributed by atoms with Crippen molar-refractivity contribution >= 4 is 10.8 Å². The van der Waals surface area contributed by atoms with Crippen LogP contribution in [0, 0.1) is 0 Å². The molecule has 0 amide bonds. The minimum atomic E-state index is -0.249. The van der Waals surface area contributed by atoms with E-state index in [1.54, 1.807) is 6.20 Å². The third-order valence-corrected chi connectivity index (χ3v) is 3.32. The van der Waals surface area contributed by atoms with Gasteiger partial charge in [-0.1, -0.05) is 18.2 Å². The number of hydrogen-bond acceptors (Lipinski definition) is 3. The van der Waals surface area contributed by atoms with Crippen LogP contribution >= 0.6 is 0 Å². The third kappa shape index (κ3) is 2.04. The molecule has 1 N–H and O–H groups in total. The molecule has 2 heterocycles. The van der Waals surface area contributed by atoms with Gasteiger partial charge in [0.25, 0.3) is 0 Å². The minimum Gasteiger partial charge on any atom is -0.393 e. The average Bonchev–Trinajstić information content (AvgIpc) is 2.38. The van der Waals surface area contributed by atoms with Crippen molar-refractivity contribution in [3.63, 3.8) is 0 Å². The van der Waals surface area contributed by atoms with E-state index in [1.165, 1.54) is 5.39 Å². The van der Waals surface area contributed by atoms with E-state index in [2.05, 4.69) is 17.1 Å². The number of ether oxygens (including phenoxy) is 1. The second-order valence-electron chi connectivity index (χ2n) is 4.48. The van der Waals surface area contributed by atoms with E-state index >= 15 is 0 Å². The Kier molecular flexibility index (Phi) is 2.79. The first-order valence-corrected chi connectivity index (χ1v) is 5.97. The van der Waals surface area contributed by atoms with Gasteiger partial charge in [-0.2, -0.15) is 0 Å². The lowest BCUT2D eigenvalue weighted by Crippen LogP contribution is -2.23. The summed E-state index contributed by atoms with van der Waals surface area (Å²) in [6.45, 7) is 0.627. The number of nitrogens with zero attached hydrogens (tertiary/aromatic N) is 1. The van der Waals surface area contributed by atoms with Crippen LogP contribution in [0.1, 0.15) is 24.5 Å². The predicted octanol–water partition coefficient (Wildman–Crippen LogP) is 2.45. The highest BCUT2D eigenvalue weighted by Gasteiger charge is 2.23. The Labute approximate surface area is 100 Å². The summed E-state index contributed by atoms with van der Waals surface area (Å²) in [6, 6.07) is 8.16. The topological polar surface area (TPSA) is 42.4 Å². The fourth-order valence-corrected chi connectivity index (χ4v) is 2.41. The number of aromatic nitrogens is 1. The zero-order valence-corrected chi connectivity index (χ0v) is 9.54. The normalized spacial score (nSPS) is 25.0. The molecular formula is C14H15NO2. The van der Waals surface area contributed by atoms with Gasteiger partial charge in [-0.05, 0) is 23.4 Å². The number of rotatable bonds is 1. The molecule has 2 atom stereocenters. The lowest BCUT2D eigenvalue weighted by atomic mass is 9.96. The smallest absolute Gasteiger partial charge is 0.0856 e. The lowest BCUT2D eigenvalue weighted by Gasteiger charge is -2.27. The van der Waals surface area contributed by atoms with Gasteiger partial charge in [-0.3, -0.25) is 4.98 Å². The average molecular weight is 229 g/mol. The van der Waals surface area contributed by atoms with Crippen LogP contribution in [-0.4, -0.2) is 22.8 Å².